The second-order valence-corrected chi connectivity index (χ2v) is 4.36. The van der Waals surface area contributed by atoms with Crippen LogP contribution in [0.15, 0.2) is 23.3 Å². The molecule has 0 saturated heterocycles. The molecule has 2 amide bonds. The van der Waals surface area contributed by atoms with Gasteiger partial charge in [-0.1, -0.05) is 12.1 Å². The normalized spacial score (nSPS) is 14.6. The maximum absolute atomic E-state index is 13.1. The lowest BCUT2D eigenvalue weighted by Gasteiger charge is -2.12. The van der Waals surface area contributed by atoms with Crippen LogP contribution in [0.25, 0.3) is 0 Å². The summed E-state index contributed by atoms with van der Waals surface area (Å²) in [7, 11) is 0. The summed E-state index contributed by atoms with van der Waals surface area (Å²) in [5.41, 5.74) is 3.92. The monoisotopic (exact) mass is 263 g/mol. The number of hydrogen-bond acceptors (Lipinski definition) is 3. The van der Waals surface area contributed by atoms with Crippen LogP contribution in [0.2, 0.25) is 0 Å². The lowest BCUT2D eigenvalue weighted by Crippen LogP contribution is -2.36. The molecule has 0 radical (unpaired) electrons. The van der Waals surface area contributed by atoms with Gasteiger partial charge < -0.3 is 5.32 Å². The Morgan fingerprint density at radius 3 is 2.89 bits per heavy atom. The Kier molecular flexibility index (Phi) is 3.89. The number of halogens is 1. The van der Waals surface area contributed by atoms with Crippen LogP contribution in [-0.4, -0.2) is 17.5 Å². The summed E-state index contributed by atoms with van der Waals surface area (Å²) in [4.78, 5) is 22.7. The highest BCUT2D eigenvalue weighted by Crippen LogP contribution is 2.09. The Bertz CT molecular complexity index is 555. The molecule has 0 bridgehead atoms. The van der Waals surface area contributed by atoms with E-state index in [1.165, 1.54) is 6.07 Å². The molecule has 0 unspecified atom stereocenters. The van der Waals surface area contributed by atoms with E-state index in [9.17, 15) is 14.0 Å². The second-order valence-electron chi connectivity index (χ2n) is 4.36. The van der Waals surface area contributed by atoms with Crippen LogP contribution in [0.1, 0.15) is 24.0 Å². The van der Waals surface area contributed by atoms with Crippen molar-refractivity contribution < 1.29 is 14.0 Å². The largest absolute Gasteiger partial charge is 0.347 e. The van der Waals surface area contributed by atoms with Gasteiger partial charge in [-0.3, -0.25) is 9.59 Å². The van der Waals surface area contributed by atoms with E-state index in [0.29, 0.717) is 24.2 Å². The quantitative estimate of drug-likeness (QED) is 0.854. The van der Waals surface area contributed by atoms with Gasteiger partial charge in [-0.05, 0) is 24.1 Å². The van der Waals surface area contributed by atoms with Crippen LogP contribution in [0, 0.1) is 12.7 Å². The fraction of sp³-hybridized carbons (Fsp3) is 0.308. The van der Waals surface area contributed by atoms with E-state index in [-0.39, 0.29) is 24.1 Å². The first-order valence-electron chi connectivity index (χ1n) is 5.95. The number of benzene rings is 1. The maximum Gasteiger partial charge on any atom is 0.267 e. The lowest BCUT2D eigenvalue weighted by molar-refractivity contribution is -0.121. The van der Waals surface area contributed by atoms with Gasteiger partial charge in [0.15, 0.2) is 0 Å². The van der Waals surface area contributed by atoms with E-state index in [1.54, 1.807) is 19.1 Å². The second kappa shape index (κ2) is 5.60. The minimum atomic E-state index is -0.318. The van der Waals surface area contributed by atoms with Crippen molar-refractivity contribution in [1.82, 2.24) is 10.7 Å². The maximum atomic E-state index is 13.1. The van der Waals surface area contributed by atoms with Gasteiger partial charge in [0.1, 0.15) is 11.5 Å². The molecule has 6 heteroatoms. The van der Waals surface area contributed by atoms with Crippen LogP contribution in [0.4, 0.5) is 4.39 Å². The Hall–Kier alpha value is -2.24. The van der Waals surface area contributed by atoms with E-state index in [2.05, 4.69) is 15.8 Å². The van der Waals surface area contributed by atoms with Gasteiger partial charge in [0, 0.05) is 19.4 Å². The highest BCUT2D eigenvalue weighted by atomic mass is 19.1. The van der Waals surface area contributed by atoms with E-state index < -0.39 is 0 Å². The van der Waals surface area contributed by atoms with Crippen LogP contribution in [0.5, 0.6) is 0 Å². The molecule has 1 heterocycles. The van der Waals surface area contributed by atoms with Crippen LogP contribution in [-0.2, 0) is 16.1 Å². The average molecular weight is 263 g/mol. The van der Waals surface area contributed by atoms with Crippen LogP contribution < -0.4 is 10.7 Å². The van der Waals surface area contributed by atoms with E-state index >= 15 is 0 Å². The van der Waals surface area contributed by atoms with E-state index in [4.69, 9.17) is 0 Å². The van der Waals surface area contributed by atoms with Crippen molar-refractivity contribution in [3.05, 3.63) is 35.1 Å². The van der Waals surface area contributed by atoms with Crippen molar-refractivity contribution in [2.75, 3.05) is 0 Å². The molecular weight excluding hydrogens is 249 g/mol. The summed E-state index contributed by atoms with van der Waals surface area (Å²) in [5, 5.41) is 6.39. The molecule has 0 atom stereocenters. The molecule has 0 saturated carbocycles. The van der Waals surface area contributed by atoms with Gasteiger partial charge >= 0.3 is 0 Å². The number of carbonyl (C=O) groups excluding carboxylic acids is 2. The van der Waals surface area contributed by atoms with Gasteiger partial charge in [-0.15, -0.1) is 0 Å². The number of nitrogens with one attached hydrogen (secondary N) is 2. The summed E-state index contributed by atoms with van der Waals surface area (Å²) in [6.07, 6.45) is 0.599. The van der Waals surface area contributed by atoms with E-state index in [0.717, 1.165) is 5.56 Å². The van der Waals surface area contributed by atoms with E-state index in [1.807, 2.05) is 0 Å². The molecule has 2 rings (SSSR count). The van der Waals surface area contributed by atoms with Crippen molar-refractivity contribution >= 4 is 17.5 Å². The summed E-state index contributed by atoms with van der Waals surface area (Å²) in [6.45, 7) is 1.97. The van der Waals surface area contributed by atoms with Crippen LogP contribution >= 0.6 is 0 Å². The fourth-order valence-electron chi connectivity index (χ4n) is 1.74. The summed E-state index contributed by atoms with van der Waals surface area (Å²) in [6, 6.07) is 4.67. The zero-order valence-corrected chi connectivity index (χ0v) is 10.5. The molecule has 1 aromatic rings. The zero-order valence-electron chi connectivity index (χ0n) is 10.5. The molecule has 1 aromatic carbocycles. The number of rotatable bonds is 3. The molecular formula is C13H14FN3O2. The highest BCUT2D eigenvalue weighted by Gasteiger charge is 2.17. The summed E-state index contributed by atoms with van der Waals surface area (Å²) >= 11 is 0. The fourth-order valence-corrected chi connectivity index (χ4v) is 1.74. The van der Waals surface area contributed by atoms with Crippen molar-refractivity contribution in [1.29, 1.82) is 0 Å². The Morgan fingerprint density at radius 1 is 1.47 bits per heavy atom. The third-order valence-electron chi connectivity index (χ3n) is 2.84. The first kappa shape index (κ1) is 13.2. The topological polar surface area (TPSA) is 70.6 Å². The molecule has 0 aliphatic carbocycles. The molecule has 100 valence electrons. The predicted octanol–water partition coefficient (Wildman–Crippen LogP) is 1.02. The minimum Gasteiger partial charge on any atom is -0.347 e. The molecule has 1 aliphatic rings. The first-order valence-corrected chi connectivity index (χ1v) is 5.95. The number of carbonyl (C=O) groups is 2. The lowest BCUT2D eigenvalue weighted by atomic mass is 10.1. The third-order valence-corrected chi connectivity index (χ3v) is 2.84. The van der Waals surface area contributed by atoms with Gasteiger partial charge in [-0.25, -0.2) is 9.82 Å². The molecule has 2 N–H and O–H groups in total. The molecule has 0 aromatic heterocycles. The van der Waals surface area contributed by atoms with Crippen LogP contribution in [0.3, 0.4) is 0 Å². The van der Waals surface area contributed by atoms with Crippen molar-refractivity contribution in [3.8, 4) is 0 Å². The predicted molar refractivity (Wildman–Crippen MR) is 67.8 cm³/mol. The third kappa shape index (κ3) is 3.37. The minimum absolute atomic E-state index is 0.189. The SMILES string of the molecule is Cc1cc(CNC(=O)C2=NNC(=O)CC2)ccc1F. The molecule has 5 nitrogen and oxygen atoms in total. The number of nitrogens with zero attached hydrogens (tertiary/aromatic N) is 1. The Morgan fingerprint density at radius 2 is 2.26 bits per heavy atom. The standard InChI is InChI=1S/C13H14FN3O2/c1-8-6-9(2-3-10(8)14)7-15-13(19)11-4-5-12(18)17-16-11/h2-3,6H,4-5,7H2,1H3,(H,15,19)(H,17,18). The number of amides is 2. The van der Waals surface area contributed by atoms with Gasteiger partial charge in [0.25, 0.3) is 5.91 Å². The number of hydrazone groups is 1. The Balaban J connectivity index is 1.93. The number of hydrogen-bond donors (Lipinski definition) is 2. The van der Waals surface area contributed by atoms with Gasteiger partial charge in [-0.2, -0.15) is 5.10 Å². The summed E-state index contributed by atoms with van der Waals surface area (Å²) < 4.78 is 13.1. The Labute approximate surface area is 109 Å². The smallest absolute Gasteiger partial charge is 0.267 e. The first-order chi connectivity index (χ1) is 9.06. The summed E-state index contributed by atoms with van der Waals surface area (Å²) in [5.74, 6) is -0.776. The molecule has 1 aliphatic heterocycles. The van der Waals surface area contributed by atoms with Gasteiger partial charge in [0.2, 0.25) is 5.91 Å². The van der Waals surface area contributed by atoms with Crippen molar-refractivity contribution in [2.45, 2.75) is 26.3 Å². The molecule has 19 heavy (non-hydrogen) atoms. The number of aryl methyl sites for hydroxylation is 1. The average Bonchev–Trinajstić information content (AvgIpc) is 2.40. The molecule has 0 spiro atoms. The molecule has 0 fully saturated rings. The van der Waals surface area contributed by atoms with Crippen molar-refractivity contribution in [2.24, 2.45) is 5.10 Å². The zero-order chi connectivity index (χ0) is 13.8. The van der Waals surface area contributed by atoms with Crippen molar-refractivity contribution in [3.63, 3.8) is 0 Å². The highest BCUT2D eigenvalue weighted by molar-refractivity contribution is 6.39. The van der Waals surface area contributed by atoms with Gasteiger partial charge in [0.05, 0.1) is 0 Å².